The zero-order valence-electron chi connectivity index (χ0n) is 18.7. The van der Waals surface area contributed by atoms with Gasteiger partial charge in [-0.3, -0.25) is 14.4 Å². The largest absolute Gasteiger partial charge is 0.383 e. The van der Waals surface area contributed by atoms with Gasteiger partial charge in [0.05, 0.1) is 19.3 Å². The molecular formula is C24H30N4O5. The van der Waals surface area contributed by atoms with Crippen molar-refractivity contribution in [2.45, 2.75) is 18.9 Å². The summed E-state index contributed by atoms with van der Waals surface area (Å²) in [5.74, 6) is -0.646. The lowest BCUT2D eigenvalue weighted by Gasteiger charge is -2.12. The summed E-state index contributed by atoms with van der Waals surface area (Å²) >= 11 is 0. The summed E-state index contributed by atoms with van der Waals surface area (Å²) in [6.45, 7) is 2.13. The molecule has 0 radical (unpaired) electrons. The van der Waals surface area contributed by atoms with Crippen molar-refractivity contribution in [3.05, 3.63) is 59.7 Å². The lowest BCUT2D eigenvalue weighted by molar-refractivity contribution is -0.114. The predicted octanol–water partition coefficient (Wildman–Crippen LogP) is 2.02. The molecule has 9 heteroatoms. The van der Waals surface area contributed by atoms with Gasteiger partial charge in [0.25, 0.3) is 11.8 Å². The highest BCUT2D eigenvalue weighted by Crippen LogP contribution is 2.13. The Morgan fingerprint density at radius 2 is 1.79 bits per heavy atom. The van der Waals surface area contributed by atoms with E-state index in [1.807, 2.05) is 0 Å². The molecule has 0 bridgehead atoms. The number of hydrogen-bond donors (Lipinski definition) is 4. The van der Waals surface area contributed by atoms with Gasteiger partial charge in [0, 0.05) is 49.3 Å². The van der Waals surface area contributed by atoms with Gasteiger partial charge in [0.1, 0.15) is 0 Å². The highest BCUT2D eigenvalue weighted by molar-refractivity contribution is 5.98. The van der Waals surface area contributed by atoms with Gasteiger partial charge in [-0.25, -0.2) is 0 Å². The van der Waals surface area contributed by atoms with E-state index in [2.05, 4.69) is 21.3 Å². The number of anilines is 2. The van der Waals surface area contributed by atoms with E-state index in [1.165, 1.54) is 0 Å². The van der Waals surface area contributed by atoms with Crippen molar-refractivity contribution in [3.63, 3.8) is 0 Å². The first-order valence-electron chi connectivity index (χ1n) is 11.0. The first-order chi connectivity index (χ1) is 16.0. The lowest BCUT2D eigenvalue weighted by atomic mass is 10.1. The average molecular weight is 455 g/mol. The molecule has 1 unspecified atom stereocenters. The van der Waals surface area contributed by atoms with Crippen molar-refractivity contribution in [1.82, 2.24) is 10.6 Å². The second-order valence-electron chi connectivity index (χ2n) is 7.65. The molecule has 0 aromatic heterocycles. The van der Waals surface area contributed by atoms with Gasteiger partial charge < -0.3 is 30.7 Å². The Balaban J connectivity index is 1.43. The first kappa shape index (κ1) is 24.2. The molecule has 1 aliphatic rings. The molecular weight excluding hydrogens is 424 g/mol. The third kappa shape index (κ3) is 7.89. The predicted molar refractivity (Wildman–Crippen MR) is 126 cm³/mol. The van der Waals surface area contributed by atoms with Crippen molar-refractivity contribution in [1.29, 1.82) is 0 Å². The third-order valence-corrected chi connectivity index (χ3v) is 5.11. The first-order valence-corrected chi connectivity index (χ1v) is 11.0. The number of amides is 3. The minimum absolute atomic E-state index is 0.0365. The van der Waals surface area contributed by atoms with E-state index in [0.29, 0.717) is 42.2 Å². The number of benzene rings is 2. The number of carbonyl (C=O) groups is 3. The molecule has 33 heavy (non-hydrogen) atoms. The molecule has 2 aromatic carbocycles. The summed E-state index contributed by atoms with van der Waals surface area (Å²) in [5, 5.41) is 11.4. The minimum Gasteiger partial charge on any atom is -0.383 e. The maximum atomic E-state index is 12.3. The van der Waals surface area contributed by atoms with Crippen LogP contribution in [0.1, 0.15) is 33.6 Å². The summed E-state index contributed by atoms with van der Waals surface area (Å²) in [7, 11) is 1.56. The van der Waals surface area contributed by atoms with Gasteiger partial charge in [-0.1, -0.05) is 6.07 Å². The monoisotopic (exact) mass is 454 g/mol. The maximum Gasteiger partial charge on any atom is 0.251 e. The third-order valence-electron chi connectivity index (χ3n) is 5.11. The summed E-state index contributed by atoms with van der Waals surface area (Å²) in [4.78, 5) is 36.7. The van der Waals surface area contributed by atoms with Crippen LogP contribution in [0.25, 0.3) is 0 Å². The van der Waals surface area contributed by atoms with Gasteiger partial charge >= 0.3 is 0 Å². The second-order valence-corrected chi connectivity index (χ2v) is 7.65. The SMILES string of the molecule is COCCNC(=O)c1cccc(NC(=O)CNc2ccc(C(=O)NCC3CCCO3)cc2)c1. The van der Waals surface area contributed by atoms with E-state index in [-0.39, 0.29) is 30.4 Å². The number of carbonyl (C=O) groups excluding carboxylic acids is 3. The van der Waals surface area contributed by atoms with Crippen LogP contribution in [0.5, 0.6) is 0 Å². The molecule has 176 valence electrons. The van der Waals surface area contributed by atoms with Crippen molar-refractivity contribution >= 4 is 29.1 Å². The number of ether oxygens (including phenoxy) is 2. The molecule has 1 heterocycles. The minimum atomic E-state index is -0.259. The number of methoxy groups -OCH3 is 1. The van der Waals surface area contributed by atoms with E-state index in [4.69, 9.17) is 9.47 Å². The number of hydrogen-bond acceptors (Lipinski definition) is 6. The van der Waals surface area contributed by atoms with Gasteiger partial charge in [-0.2, -0.15) is 0 Å². The fraction of sp³-hybridized carbons (Fsp3) is 0.375. The van der Waals surface area contributed by atoms with Crippen LogP contribution in [0.2, 0.25) is 0 Å². The Hall–Kier alpha value is -3.43. The molecule has 3 amide bonds. The van der Waals surface area contributed by atoms with Crippen LogP contribution >= 0.6 is 0 Å². The van der Waals surface area contributed by atoms with Crippen LogP contribution in [0.3, 0.4) is 0 Å². The fourth-order valence-electron chi connectivity index (χ4n) is 3.35. The number of rotatable bonds is 11. The average Bonchev–Trinajstić information content (AvgIpc) is 3.35. The number of nitrogens with one attached hydrogen (secondary N) is 4. The normalized spacial score (nSPS) is 15.0. The highest BCUT2D eigenvalue weighted by atomic mass is 16.5. The molecule has 1 aliphatic heterocycles. The molecule has 0 aliphatic carbocycles. The van der Waals surface area contributed by atoms with Crippen LogP contribution < -0.4 is 21.3 Å². The molecule has 1 fully saturated rings. The Morgan fingerprint density at radius 3 is 2.52 bits per heavy atom. The van der Waals surface area contributed by atoms with Crippen molar-refractivity contribution in [2.24, 2.45) is 0 Å². The van der Waals surface area contributed by atoms with Gasteiger partial charge in [-0.05, 0) is 55.3 Å². The second kappa shape index (κ2) is 12.6. The fourth-order valence-corrected chi connectivity index (χ4v) is 3.35. The van der Waals surface area contributed by atoms with E-state index in [9.17, 15) is 14.4 Å². The highest BCUT2D eigenvalue weighted by Gasteiger charge is 2.16. The lowest BCUT2D eigenvalue weighted by Crippen LogP contribution is -2.31. The summed E-state index contributed by atoms with van der Waals surface area (Å²) in [6.07, 6.45) is 2.10. The van der Waals surface area contributed by atoms with Crippen LogP contribution in [-0.4, -0.2) is 63.8 Å². The zero-order chi connectivity index (χ0) is 23.5. The molecule has 4 N–H and O–H groups in total. The Morgan fingerprint density at radius 1 is 1.00 bits per heavy atom. The summed E-state index contributed by atoms with van der Waals surface area (Å²) < 4.78 is 10.4. The van der Waals surface area contributed by atoms with Crippen LogP contribution in [-0.2, 0) is 14.3 Å². The Labute approximate surface area is 193 Å². The smallest absolute Gasteiger partial charge is 0.251 e. The van der Waals surface area contributed by atoms with Crippen LogP contribution in [0.15, 0.2) is 48.5 Å². The van der Waals surface area contributed by atoms with E-state index in [1.54, 1.807) is 55.6 Å². The topological polar surface area (TPSA) is 118 Å². The molecule has 1 atom stereocenters. The Bertz CT molecular complexity index is 942. The molecule has 0 spiro atoms. The zero-order valence-corrected chi connectivity index (χ0v) is 18.7. The van der Waals surface area contributed by atoms with E-state index >= 15 is 0 Å². The van der Waals surface area contributed by atoms with Crippen molar-refractivity contribution in [3.8, 4) is 0 Å². The molecule has 2 aromatic rings. The Kier molecular flexibility index (Phi) is 9.22. The van der Waals surface area contributed by atoms with Gasteiger partial charge in [0.2, 0.25) is 5.91 Å². The van der Waals surface area contributed by atoms with Crippen LogP contribution in [0, 0.1) is 0 Å². The van der Waals surface area contributed by atoms with E-state index < -0.39 is 0 Å². The molecule has 9 nitrogen and oxygen atoms in total. The standard InChI is InChI=1S/C24H30N4O5/c1-32-13-11-25-24(31)18-4-2-5-20(14-18)28-22(29)16-26-19-9-7-17(8-10-19)23(30)27-15-21-6-3-12-33-21/h2,4-5,7-10,14,21,26H,3,6,11-13,15-16H2,1H3,(H,25,31)(H,27,30)(H,28,29). The summed E-state index contributed by atoms with van der Waals surface area (Å²) in [5.41, 5.74) is 2.24. The van der Waals surface area contributed by atoms with Crippen molar-refractivity contribution in [2.75, 3.05) is 50.6 Å². The van der Waals surface area contributed by atoms with Crippen LogP contribution in [0.4, 0.5) is 11.4 Å². The van der Waals surface area contributed by atoms with Gasteiger partial charge in [0.15, 0.2) is 0 Å². The van der Waals surface area contributed by atoms with E-state index in [0.717, 1.165) is 19.4 Å². The molecule has 0 saturated carbocycles. The van der Waals surface area contributed by atoms with Gasteiger partial charge in [-0.15, -0.1) is 0 Å². The quantitative estimate of drug-likeness (QED) is 0.386. The molecule has 1 saturated heterocycles. The van der Waals surface area contributed by atoms with Crippen molar-refractivity contribution < 1.29 is 23.9 Å². The molecule has 3 rings (SSSR count). The maximum absolute atomic E-state index is 12.3. The summed E-state index contributed by atoms with van der Waals surface area (Å²) in [6, 6.07) is 13.6.